The minimum atomic E-state index is 0.531. The molecule has 2 N–H and O–H groups in total. The van der Waals surface area contributed by atoms with Crippen LogP contribution in [0.2, 0.25) is 0 Å². The number of aromatic nitrogens is 2. The van der Waals surface area contributed by atoms with Gasteiger partial charge < -0.3 is 20.1 Å². The lowest BCUT2D eigenvalue weighted by molar-refractivity contribution is 0.407. The van der Waals surface area contributed by atoms with E-state index in [0.717, 1.165) is 40.9 Å². The van der Waals surface area contributed by atoms with Crippen LogP contribution in [0, 0.1) is 13.8 Å². The second-order valence-electron chi connectivity index (χ2n) is 6.64. The number of methoxy groups -OCH3 is 1. The van der Waals surface area contributed by atoms with Gasteiger partial charge in [-0.1, -0.05) is 12.1 Å². The van der Waals surface area contributed by atoms with E-state index in [2.05, 4.69) is 32.5 Å². The molecule has 2 heterocycles. The Kier molecular flexibility index (Phi) is 7.62. The van der Waals surface area contributed by atoms with E-state index in [4.69, 9.17) is 9.47 Å². The standard InChI is InChI=1S/C22H27N5O2S/c1-15-16(2)30-21(27-15)10-11-24-22(23-3)26-14-17-8-9-20(25-13-17)29-19-7-5-6-18(12-19)28-4/h5-9,12-13H,10-11,14H2,1-4H3,(H2,23,24,26). The van der Waals surface area contributed by atoms with E-state index in [1.807, 2.05) is 43.3 Å². The zero-order valence-electron chi connectivity index (χ0n) is 17.7. The van der Waals surface area contributed by atoms with Crippen molar-refractivity contribution in [3.05, 3.63) is 63.7 Å². The summed E-state index contributed by atoms with van der Waals surface area (Å²) >= 11 is 1.75. The number of hydrogen-bond donors (Lipinski definition) is 2. The number of aliphatic imine (C=N–C) groups is 1. The Morgan fingerprint density at radius 2 is 1.97 bits per heavy atom. The summed E-state index contributed by atoms with van der Waals surface area (Å²) in [6.07, 6.45) is 2.66. The van der Waals surface area contributed by atoms with Gasteiger partial charge in [-0.15, -0.1) is 11.3 Å². The molecule has 0 saturated heterocycles. The number of ether oxygens (including phenoxy) is 2. The maximum Gasteiger partial charge on any atom is 0.219 e. The topological polar surface area (TPSA) is 80.7 Å². The average Bonchev–Trinajstić information content (AvgIpc) is 3.09. The lowest BCUT2D eigenvalue weighted by Gasteiger charge is -2.12. The second kappa shape index (κ2) is 10.6. The number of pyridine rings is 1. The molecule has 8 heteroatoms. The molecule has 3 rings (SSSR count). The predicted molar refractivity (Wildman–Crippen MR) is 121 cm³/mol. The molecule has 158 valence electrons. The molecule has 0 aliphatic carbocycles. The first-order chi connectivity index (χ1) is 14.6. The van der Waals surface area contributed by atoms with Crippen molar-refractivity contribution in [3.8, 4) is 17.4 Å². The largest absolute Gasteiger partial charge is 0.497 e. The maximum absolute atomic E-state index is 5.78. The van der Waals surface area contributed by atoms with Crippen LogP contribution in [0.15, 0.2) is 47.6 Å². The number of guanidine groups is 1. The summed E-state index contributed by atoms with van der Waals surface area (Å²) in [5.41, 5.74) is 2.14. The number of nitrogens with zero attached hydrogens (tertiary/aromatic N) is 3. The van der Waals surface area contributed by atoms with Crippen molar-refractivity contribution in [1.82, 2.24) is 20.6 Å². The summed E-state index contributed by atoms with van der Waals surface area (Å²) in [4.78, 5) is 14.5. The minimum absolute atomic E-state index is 0.531. The van der Waals surface area contributed by atoms with Crippen LogP contribution in [-0.4, -0.2) is 36.6 Å². The molecule has 0 bridgehead atoms. The van der Waals surface area contributed by atoms with Crippen LogP contribution in [-0.2, 0) is 13.0 Å². The van der Waals surface area contributed by atoms with E-state index in [-0.39, 0.29) is 0 Å². The van der Waals surface area contributed by atoms with E-state index in [1.165, 1.54) is 4.88 Å². The van der Waals surface area contributed by atoms with Crippen molar-refractivity contribution in [2.45, 2.75) is 26.8 Å². The second-order valence-corrected chi connectivity index (χ2v) is 7.93. The fourth-order valence-corrected chi connectivity index (χ4v) is 3.64. The molecule has 0 aliphatic rings. The molecule has 0 aliphatic heterocycles. The van der Waals surface area contributed by atoms with Crippen LogP contribution in [0.4, 0.5) is 0 Å². The summed E-state index contributed by atoms with van der Waals surface area (Å²) in [6, 6.07) is 11.3. The van der Waals surface area contributed by atoms with E-state index in [1.54, 1.807) is 31.7 Å². The van der Waals surface area contributed by atoms with Crippen LogP contribution in [0.25, 0.3) is 0 Å². The third-order valence-corrected chi connectivity index (χ3v) is 5.58. The molecule has 3 aromatic rings. The minimum Gasteiger partial charge on any atom is -0.497 e. The molecule has 7 nitrogen and oxygen atoms in total. The lowest BCUT2D eigenvalue weighted by Crippen LogP contribution is -2.37. The van der Waals surface area contributed by atoms with Crippen molar-refractivity contribution < 1.29 is 9.47 Å². The molecular weight excluding hydrogens is 398 g/mol. The van der Waals surface area contributed by atoms with E-state index >= 15 is 0 Å². The van der Waals surface area contributed by atoms with Crippen molar-refractivity contribution in [3.63, 3.8) is 0 Å². The van der Waals surface area contributed by atoms with Gasteiger partial charge in [0.2, 0.25) is 5.88 Å². The van der Waals surface area contributed by atoms with Gasteiger partial charge in [-0.05, 0) is 31.5 Å². The molecule has 0 amide bonds. The summed E-state index contributed by atoms with van der Waals surface area (Å²) < 4.78 is 11.0. The van der Waals surface area contributed by atoms with Gasteiger partial charge in [0.15, 0.2) is 5.96 Å². The summed E-state index contributed by atoms with van der Waals surface area (Å²) in [5.74, 6) is 2.70. The van der Waals surface area contributed by atoms with Gasteiger partial charge in [0.1, 0.15) is 11.5 Å². The van der Waals surface area contributed by atoms with E-state index in [0.29, 0.717) is 18.2 Å². The lowest BCUT2D eigenvalue weighted by atomic mass is 10.3. The van der Waals surface area contributed by atoms with Gasteiger partial charge in [0.25, 0.3) is 0 Å². The Morgan fingerprint density at radius 1 is 1.13 bits per heavy atom. The van der Waals surface area contributed by atoms with Gasteiger partial charge >= 0.3 is 0 Å². The molecule has 2 aromatic heterocycles. The number of hydrogen-bond acceptors (Lipinski definition) is 6. The SMILES string of the molecule is CN=C(NCCc1nc(C)c(C)s1)NCc1ccc(Oc2cccc(OC)c2)nc1. The smallest absolute Gasteiger partial charge is 0.219 e. The van der Waals surface area contributed by atoms with Crippen LogP contribution in [0.3, 0.4) is 0 Å². The Bertz CT molecular complexity index is 966. The maximum atomic E-state index is 5.78. The normalized spacial score (nSPS) is 11.3. The number of aryl methyl sites for hydroxylation is 2. The van der Waals surface area contributed by atoms with Crippen molar-refractivity contribution >= 4 is 17.3 Å². The molecular formula is C22H27N5O2S. The highest BCUT2D eigenvalue weighted by Crippen LogP contribution is 2.23. The van der Waals surface area contributed by atoms with Crippen LogP contribution >= 0.6 is 11.3 Å². The van der Waals surface area contributed by atoms with Crippen LogP contribution in [0.1, 0.15) is 21.1 Å². The highest BCUT2D eigenvalue weighted by molar-refractivity contribution is 7.11. The molecule has 0 saturated carbocycles. The molecule has 0 atom stereocenters. The summed E-state index contributed by atoms with van der Waals surface area (Å²) in [7, 11) is 3.39. The Hall–Kier alpha value is -3.13. The molecule has 30 heavy (non-hydrogen) atoms. The number of benzene rings is 1. The summed E-state index contributed by atoms with van der Waals surface area (Å²) in [6.45, 7) is 5.54. The van der Waals surface area contributed by atoms with Gasteiger partial charge in [0.05, 0.1) is 17.8 Å². The zero-order valence-corrected chi connectivity index (χ0v) is 18.5. The third-order valence-electron chi connectivity index (χ3n) is 4.45. The van der Waals surface area contributed by atoms with Gasteiger partial charge in [0, 0.05) is 49.8 Å². The quantitative estimate of drug-likeness (QED) is 0.421. The Balaban J connectivity index is 1.45. The number of nitrogens with one attached hydrogen (secondary N) is 2. The molecule has 1 aromatic carbocycles. The monoisotopic (exact) mass is 425 g/mol. The highest BCUT2D eigenvalue weighted by Gasteiger charge is 2.05. The van der Waals surface area contributed by atoms with Gasteiger partial charge in [-0.2, -0.15) is 0 Å². The summed E-state index contributed by atoms with van der Waals surface area (Å²) in [5, 5.41) is 7.76. The van der Waals surface area contributed by atoms with Crippen molar-refractivity contribution in [2.24, 2.45) is 4.99 Å². The highest BCUT2D eigenvalue weighted by atomic mass is 32.1. The fourth-order valence-electron chi connectivity index (χ4n) is 2.70. The first kappa shape index (κ1) is 21.6. The Labute approximate surface area is 181 Å². The molecule has 0 radical (unpaired) electrons. The van der Waals surface area contributed by atoms with Crippen LogP contribution in [0.5, 0.6) is 17.4 Å². The van der Waals surface area contributed by atoms with Crippen molar-refractivity contribution in [1.29, 1.82) is 0 Å². The van der Waals surface area contributed by atoms with Crippen LogP contribution < -0.4 is 20.1 Å². The van der Waals surface area contributed by atoms with E-state index < -0.39 is 0 Å². The Morgan fingerprint density at radius 3 is 2.63 bits per heavy atom. The first-order valence-electron chi connectivity index (χ1n) is 9.71. The molecule has 0 fully saturated rings. The predicted octanol–water partition coefficient (Wildman–Crippen LogP) is 3.86. The zero-order chi connectivity index (χ0) is 21.3. The molecule has 0 unspecified atom stereocenters. The molecule has 0 spiro atoms. The fraction of sp³-hybridized carbons (Fsp3) is 0.318. The number of rotatable bonds is 8. The van der Waals surface area contributed by atoms with Gasteiger partial charge in [-0.3, -0.25) is 4.99 Å². The first-order valence-corrected chi connectivity index (χ1v) is 10.5. The average molecular weight is 426 g/mol. The van der Waals surface area contributed by atoms with Gasteiger partial charge in [-0.25, -0.2) is 9.97 Å². The third kappa shape index (κ3) is 6.18. The van der Waals surface area contributed by atoms with Crippen molar-refractivity contribution in [2.75, 3.05) is 20.7 Å². The van der Waals surface area contributed by atoms with E-state index in [9.17, 15) is 0 Å². The number of thiazole rings is 1.